The Kier molecular flexibility index (Phi) is 13.5. The smallest absolute Gasteiger partial charge is 0.206 e. The number of hydrogen-bond donors (Lipinski definition) is 1. The van der Waals surface area contributed by atoms with Gasteiger partial charge in [-0.15, -0.1) is 0 Å². The second kappa shape index (κ2) is 17.7. The van der Waals surface area contributed by atoms with Crippen LogP contribution in [0.25, 0.3) is 0 Å². The van der Waals surface area contributed by atoms with Gasteiger partial charge in [0.05, 0.1) is 39.4 Å². The Bertz CT molecular complexity index is 1720. The zero-order valence-corrected chi connectivity index (χ0v) is 28.2. The summed E-state index contributed by atoms with van der Waals surface area (Å²) < 4.78 is 74.2. The van der Waals surface area contributed by atoms with Crippen LogP contribution in [0.15, 0.2) is 117 Å². The number of hydrogen-bond acceptors (Lipinski definition) is 9. The topological polar surface area (TPSA) is 125 Å². The van der Waals surface area contributed by atoms with Gasteiger partial charge >= 0.3 is 0 Å². The molecule has 0 bridgehead atoms. The fraction of sp³-hybridized carbons (Fsp3) is 0.333. The van der Waals surface area contributed by atoms with Crippen LogP contribution in [-0.2, 0) is 24.4 Å². The molecule has 0 unspecified atom stereocenters. The second-order valence-corrected chi connectivity index (χ2v) is 14.7. The predicted octanol–water partition coefficient (Wildman–Crippen LogP) is 7.27. The minimum absolute atomic E-state index is 0.00829. The first kappa shape index (κ1) is 35.8. The van der Waals surface area contributed by atoms with Gasteiger partial charge in [0.1, 0.15) is 36.2 Å². The number of phenolic OH excluding ortho intramolecular Hbond substituents is 1. The number of sulfone groups is 2. The first-order valence-electron chi connectivity index (χ1n) is 15.8. The van der Waals surface area contributed by atoms with Crippen molar-refractivity contribution in [3.05, 3.63) is 97.1 Å². The van der Waals surface area contributed by atoms with Crippen LogP contribution in [0.2, 0.25) is 0 Å². The molecule has 0 spiro atoms. The molecular formula is C36H42O9S2. The number of unbranched alkanes of at least 4 members (excludes halogenated alkanes) is 5. The molecule has 4 rings (SSSR count). The Morgan fingerprint density at radius 3 is 1.19 bits per heavy atom. The first-order valence-corrected chi connectivity index (χ1v) is 18.7. The normalized spacial score (nSPS) is 11.7. The molecule has 11 heteroatoms. The molecule has 9 nitrogen and oxygen atoms in total. The van der Waals surface area contributed by atoms with Gasteiger partial charge in [-0.2, -0.15) is 0 Å². The van der Waals surface area contributed by atoms with Gasteiger partial charge in [0.15, 0.2) is 0 Å². The van der Waals surface area contributed by atoms with Crippen molar-refractivity contribution in [1.82, 2.24) is 0 Å². The van der Waals surface area contributed by atoms with Gasteiger partial charge in [-0.3, -0.25) is 0 Å². The second-order valence-electron chi connectivity index (χ2n) is 10.8. The van der Waals surface area contributed by atoms with Crippen LogP contribution in [0.5, 0.6) is 23.0 Å². The molecule has 0 aromatic heterocycles. The summed E-state index contributed by atoms with van der Waals surface area (Å²) in [5.74, 6) is 1.66. The van der Waals surface area contributed by atoms with Crippen LogP contribution >= 0.6 is 0 Å². The Morgan fingerprint density at radius 1 is 0.447 bits per heavy atom. The fourth-order valence-electron chi connectivity index (χ4n) is 4.65. The van der Waals surface area contributed by atoms with Crippen molar-refractivity contribution in [2.75, 3.05) is 33.0 Å². The summed E-state index contributed by atoms with van der Waals surface area (Å²) in [6.07, 6.45) is 7.07. The van der Waals surface area contributed by atoms with Gasteiger partial charge in [0.25, 0.3) is 0 Å². The quantitative estimate of drug-likeness (QED) is 0.0958. The summed E-state index contributed by atoms with van der Waals surface area (Å²) in [5, 5.41) is 9.39. The summed E-state index contributed by atoms with van der Waals surface area (Å²) >= 11 is 0. The Balaban J connectivity index is 1.13. The molecular weight excluding hydrogens is 641 g/mol. The molecule has 0 aliphatic heterocycles. The molecule has 252 valence electrons. The summed E-state index contributed by atoms with van der Waals surface area (Å²) in [6, 6.07) is 24.2. The standard InChI is InChI=1S/C36H42O9S2/c1-2-3-4-5-6-7-24-43-30-10-18-35(19-11-30)47(40,41)36-22-14-32(15-23-36)45-28-26-42-25-27-44-31-12-20-34(21-13-31)46(38,39)33-16-8-29(37)9-17-33/h8-23,37H,2-7,24-28H2,1H3. The van der Waals surface area contributed by atoms with Gasteiger partial charge in [0, 0.05) is 0 Å². The minimum atomic E-state index is -3.70. The van der Waals surface area contributed by atoms with Crippen molar-refractivity contribution >= 4 is 19.7 Å². The number of rotatable bonds is 20. The van der Waals surface area contributed by atoms with Gasteiger partial charge in [-0.1, -0.05) is 39.0 Å². The van der Waals surface area contributed by atoms with E-state index < -0.39 is 19.7 Å². The van der Waals surface area contributed by atoms with E-state index in [-0.39, 0.29) is 45.2 Å². The van der Waals surface area contributed by atoms with Crippen molar-refractivity contribution < 1.29 is 40.9 Å². The Hall–Kier alpha value is -4.06. The monoisotopic (exact) mass is 682 g/mol. The summed E-state index contributed by atoms with van der Waals surface area (Å²) in [6.45, 7) is 3.91. The molecule has 0 heterocycles. The lowest BCUT2D eigenvalue weighted by Crippen LogP contribution is -2.12. The lowest BCUT2D eigenvalue weighted by atomic mass is 10.1. The Morgan fingerprint density at radius 2 is 0.787 bits per heavy atom. The van der Waals surface area contributed by atoms with Crippen molar-refractivity contribution in [1.29, 1.82) is 0 Å². The van der Waals surface area contributed by atoms with Crippen LogP contribution in [0.1, 0.15) is 45.4 Å². The highest BCUT2D eigenvalue weighted by atomic mass is 32.2. The number of benzene rings is 4. The van der Waals surface area contributed by atoms with E-state index in [9.17, 15) is 21.9 Å². The summed E-state index contributed by atoms with van der Waals surface area (Å²) in [4.78, 5) is 0.576. The van der Waals surface area contributed by atoms with Crippen molar-refractivity contribution in [2.24, 2.45) is 0 Å². The molecule has 0 saturated carbocycles. The predicted molar refractivity (Wildman–Crippen MR) is 179 cm³/mol. The average molecular weight is 683 g/mol. The average Bonchev–Trinajstić information content (AvgIpc) is 3.08. The number of ether oxygens (including phenoxy) is 4. The highest BCUT2D eigenvalue weighted by Gasteiger charge is 2.19. The van der Waals surface area contributed by atoms with Gasteiger partial charge < -0.3 is 24.1 Å². The molecule has 47 heavy (non-hydrogen) atoms. The van der Waals surface area contributed by atoms with E-state index in [2.05, 4.69) is 6.92 Å². The molecule has 0 aliphatic carbocycles. The van der Waals surface area contributed by atoms with Crippen LogP contribution in [0.4, 0.5) is 0 Å². The van der Waals surface area contributed by atoms with Crippen molar-refractivity contribution in [3.63, 3.8) is 0 Å². The molecule has 0 atom stereocenters. The van der Waals surface area contributed by atoms with E-state index in [4.69, 9.17) is 18.9 Å². The highest BCUT2D eigenvalue weighted by molar-refractivity contribution is 7.91. The third kappa shape index (κ3) is 10.7. The SMILES string of the molecule is CCCCCCCCOc1ccc(S(=O)(=O)c2ccc(OCCOCCOc3ccc(S(=O)(=O)c4ccc(O)cc4)cc3)cc2)cc1. The fourth-order valence-corrected chi connectivity index (χ4v) is 7.18. The number of aromatic hydroxyl groups is 1. The van der Waals surface area contributed by atoms with E-state index in [1.165, 1.54) is 74.2 Å². The Labute approximate surface area is 277 Å². The summed E-state index contributed by atoms with van der Waals surface area (Å²) in [5.41, 5.74) is 0. The maximum Gasteiger partial charge on any atom is 0.206 e. The molecule has 0 saturated heterocycles. The minimum Gasteiger partial charge on any atom is -0.508 e. The molecule has 4 aromatic carbocycles. The largest absolute Gasteiger partial charge is 0.508 e. The summed E-state index contributed by atoms with van der Waals surface area (Å²) in [7, 11) is -7.38. The zero-order chi connectivity index (χ0) is 33.5. The third-order valence-electron chi connectivity index (χ3n) is 7.31. The molecule has 1 N–H and O–H groups in total. The molecule has 0 amide bonds. The van der Waals surface area contributed by atoms with Gasteiger partial charge in [-0.05, 0) is 103 Å². The first-order chi connectivity index (χ1) is 22.7. The van der Waals surface area contributed by atoms with E-state index >= 15 is 0 Å². The molecule has 0 radical (unpaired) electrons. The van der Waals surface area contributed by atoms with Crippen LogP contribution in [-0.4, -0.2) is 55.0 Å². The van der Waals surface area contributed by atoms with Crippen molar-refractivity contribution in [3.8, 4) is 23.0 Å². The van der Waals surface area contributed by atoms with E-state index in [1.54, 1.807) is 48.5 Å². The third-order valence-corrected chi connectivity index (χ3v) is 10.9. The van der Waals surface area contributed by atoms with Crippen LogP contribution < -0.4 is 14.2 Å². The van der Waals surface area contributed by atoms with Gasteiger partial charge in [0.2, 0.25) is 19.7 Å². The van der Waals surface area contributed by atoms with Crippen LogP contribution in [0, 0.1) is 0 Å². The van der Waals surface area contributed by atoms with E-state index in [1.807, 2.05) is 0 Å². The molecule has 4 aromatic rings. The van der Waals surface area contributed by atoms with E-state index in [0.717, 1.165) is 12.8 Å². The van der Waals surface area contributed by atoms with Gasteiger partial charge in [-0.25, -0.2) is 16.8 Å². The van der Waals surface area contributed by atoms with E-state index in [0.29, 0.717) is 30.5 Å². The lowest BCUT2D eigenvalue weighted by Gasteiger charge is -2.10. The highest BCUT2D eigenvalue weighted by Crippen LogP contribution is 2.26. The zero-order valence-electron chi connectivity index (χ0n) is 26.5. The molecule has 0 fully saturated rings. The number of phenols is 1. The maximum atomic E-state index is 13.1. The lowest BCUT2D eigenvalue weighted by molar-refractivity contribution is 0.0764. The van der Waals surface area contributed by atoms with Crippen molar-refractivity contribution in [2.45, 2.75) is 65.0 Å². The maximum absolute atomic E-state index is 13.1. The van der Waals surface area contributed by atoms with Crippen LogP contribution in [0.3, 0.4) is 0 Å². The molecule has 0 aliphatic rings.